The highest BCUT2D eigenvalue weighted by Crippen LogP contribution is 2.25. The van der Waals surface area contributed by atoms with Gasteiger partial charge in [-0.25, -0.2) is 9.97 Å². The maximum atomic E-state index is 12.2. The van der Waals surface area contributed by atoms with Crippen molar-refractivity contribution in [2.45, 2.75) is 0 Å². The molecule has 1 amide bonds. The van der Waals surface area contributed by atoms with Gasteiger partial charge in [0.25, 0.3) is 5.91 Å². The lowest BCUT2D eigenvalue weighted by molar-refractivity contribution is 0.102. The van der Waals surface area contributed by atoms with Gasteiger partial charge in [0.05, 0.1) is 18.9 Å². The summed E-state index contributed by atoms with van der Waals surface area (Å²) in [6.07, 6.45) is 1.49. The van der Waals surface area contributed by atoms with Gasteiger partial charge in [-0.15, -0.1) is 0 Å². The third-order valence-electron chi connectivity index (χ3n) is 2.34. The molecule has 2 rings (SSSR count). The van der Waals surface area contributed by atoms with Gasteiger partial charge in [-0.2, -0.15) is 0 Å². The smallest absolute Gasteiger partial charge is 0.260 e. The molecule has 0 saturated heterocycles. The molecule has 104 valence electrons. The highest BCUT2D eigenvalue weighted by Gasteiger charge is 2.15. The van der Waals surface area contributed by atoms with E-state index in [1.165, 1.54) is 13.3 Å². The van der Waals surface area contributed by atoms with E-state index < -0.39 is 0 Å². The zero-order valence-electron chi connectivity index (χ0n) is 10.2. The summed E-state index contributed by atoms with van der Waals surface area (Å²) in [7, 11) is 1.47. The van der Waals surface area contributed by atoms with E-state index in [1.54, 1.807) is 18.2 Å². The van der Waals surface area contributed by atoms with Gasteiger partial charge < -0.3 is 10.1 Å². The number of carbonyl (C=O) groups is 1. The van der Waals surface area contributed by atoms with Gasteiger partial charge in [0.15, 0.2) is 5.82 Å². The van der Waals surface area contributed by atoms with Gasteiger partial charge in [-0.1, -0.05) is 11.6 Å². The number of halogens is 3. The van der Waals surface area contributed by atoms with E-state index in [0.717, 1.165) is 0 Å². The Bertz CT molecular complexity index is 667. The number of amides is 1. The molecule has 0 fully saturated rings. The largest absolute Gasteiger partial charge is 0.496 e. The van der Waals surface area contributed by atoms with Crippen molar-refractivity contribution < 1.29 is 9.53 Å². The van der Waals surface area contributed by atoms with Crippen LogP contribution < -0.4 is 10.1 Å². The summed E-state index contributed by atoms with van der Waals surface area (Å²) < 4.78 is 6.12. The molecule has 0 aliphatic carbocycles. The van der Waals surface area contributed by atoms with Crippen molar-refractivity contribution in [3.8, 4) is 5.75 Å². The van der Waals surface area contributed by atoms with Crippen LogP contribution in [0.2, 0.25) is 5.02 Å². The van der Waals surface area contributed by atoms with Crippen LogP contribution in [0, 0.1) is 0 Å². The van der Waals surface area contributed by atoms with Crippen molar-refractivity contribution in [2.24, 2.45) is 0 Å². The molecule has 0 atom stereocenters. The highest BCUT2D eigenvalue weighted by molar-refractivity contribution is 9.11. The van der Waals surface area contributed by atoms with Crippen LogP contribution in [0.3, 0.4) is 0 Å². The summed E-state index contributed by atoms with van der Waals surface area (Å²) in [6.45, 7) is 0. The summed E-state index contributed by atoms with van der Waals surface area (Å²) in [5, 5.41) is 3.13. The summed E-state index contributed by atoms with van der Waals surface area (Å²) in [5.41, 5.74) is 0.355. The van der Waals surface area contributed by atoms with Crippen LogP contribution in [0.4, 0.5) is 5.82 Å². The predicted octanol–water partition coefficient (Wildman–Crippen LogP) is 3.92. The van der Waals surface area contributed by atoms with Crippen molar-refractivity contribution in [1.29, 1.82) is 0 Å². The van der Waals surface area contributed by atoms with Crippen molar-refractivity contribution >= 4 is 55.2 Å². The average Bonchev–Trinajstić information content (AvgIpc) is 2.41. The molecule has 8 heteroatoms. The van der Waals surface area contributed by atoms with Crippen LogP contribution >= 0.6 is 43.5 Å². The Kier molecular flexibility index (Phi) is 4.95. The van der Waals surface area contributed by atoms with E-state index >= 15 is 0 Å². The van der Waals surface area contributed by atoms with Gasteiger partial charge in [0, 0.05) is 5.02 Å². The first kappa shape index (κ1) is 15.2. The third kappa shape index (κ3) is 3.47. The summed E-state index contributed by atoms with van der Waals surface area (Å²) in [6, 6.07) is 4.76. The van der Waals surface area contributed by atoms with Crippen LogP contribution in [0.25, 0.3) is 0 Å². The maximum Gasteiger partial charge on any atom is 0.260 e. The second kappa shape index (κ2) is 6.51. The Morgan fingerprint density at radius 1 is 1.40 bits per heavy atom. The molecular formula is C12H8Br2ClN3O2. The minimum absolute atomic E-state index is 0.315. The van der Waals surface area contributed by atoms with E-state index in [0.29, 0.717) is 31.4 Å². The summed E-state index contributed by atoms with van der Waals surface area (Å²) >= 11 is 12.3. The second-order valence-corrected chi connectivity index (χ2v) is 5.63. The number of ether oxygens (including phenoxy) is 1. The average molecular weight is 421 g/mol. The topological polar surface area (TPSA) is 64.1 Å². The Labute approximate surface area is 137 Å². The van der Waals surface area contributed by atoms with E-state index in [-0.39, 0.29) is 5.91 Å². The fourth-order valence-electron chi connectivity index (χ4n) is 1.46. The normalized spacial score (nSPS) is 10.2. The number of aromatic nitrogens is 2. The lowest BCUT2D eigenvalue weighted by Gasteiger charge is -2.10. The molecule has 0 unspecified atom stereocenters. The number of carbonyl (C=O) groups excluding carboxylic acids is 1. The second-order valence-electron chi connectivity index (χ2n) is 3.63. The van der Waals surface area contributed by atoms with Crippen molar-refractivity contribution in [1.82, 2.24) is 9.97 Å². The molecule has 2 aromatic rings. The van der Waals surface area contributed by atoms with Gasteiger partial charge >= 0.3 is 0 Å². The van der Waals surface area contributed by atoms with Gasteiger partial charge in [-0.3, -0.25) is 4.79 Å². The molecular weight excluding hydrogens is 413 g/mol. The standard InChI is InChI=1S/C12H8Br2ClN3O2/c1-20-8-4-6(15)2-3-7(8)12(19)18-11-10(14)17-9(13)5-16-11/h2-5H,1H3,(H,16,18,19). The first-order chi connectivity index (χ1) is 9.51. The van der Waals surface area contributed by atoms with Crippen LogP contribution in [0.5, 0.6) is 5.75 Å². The van der Waals surface area contributed by atoms with E-state index in [4.69, 9.17) is 16.3 Å². The lowest BCUT2D eigenvalue weighted by atomic mass is 10.2. The highest BCUT2D eigenvalue weighted by atomic mass is 79.9. The van der Waals surface area contributed by atoms with Gasteiger partial charge in [0.1, 0.15) is 15.0 Å². The Morgan fingerprint density at radius 3 is 2.80 bits per heavy atom. The van der Waals surface area contributed by atoms with E-state index in [2.05, 4.69) is 47.1 Å². The number of hydrogen-bond acceptors (Lipinski definition) is 4. The molecule has 1 heterocycles. The van der Waals surface area contributed by atoms with Gasteiger partial charge in [0.2, 0.25) is 0 Å². The van der Waals surface area contributed by atoms with Crippen LogP contribution in [-0.2, 0) is 0 Å². The molecule has 0 aliphatic rings. The molecule has 20 heavy (non-hydrogen) atoms. The molecule has 0 radical (unpaired) electrons. The molecule has 0 spiro atoms. The minimum Gasteiger partial charge on any atom is -0.496 e. The number of nitrogens with zero attached hydrogens (tertiary/aromatic N) is 2. The lowest BCUT2D eigenvalue weighted by Crippen LogP contribution is -2.15. The number of benzene rings is 1. The molecule has 0 saturated carbocycles. The Hall–Kier alpha value is -1.18. The first-order valence-corrected chi connectivity index (χ1v) is 7.30. The van der Waals surface area contributed by atoms with Crippen molar-refractivity contribution in [2.75, 3.05) is 12.4 Å². The predicted molar refractivity (Wildman–Crippen MR) is 83.4 cm³/mol. The zero-order chi connectivity index (χ0) is 14.7. The monoisotopic (exact) mass is 419 g/mol. The third-order valence-corrected chi connectivity index (χ3v) is 3.51. The minimum atomic E-state index is -0.365. The van der Waals surface area contributed by atoms with Crippen LogP contribution in [-0.4, -0.2) is 23.0 Å². The molecule has 1 aromatic heterocycles. The Balaban J connectivity index is 2.28. The number of methoxy groups -OCH3 is 1. The van der Waals surface area contributed by atoms with E-state index in [1.807, 2.05) is 0 Å². The Morgan fingerprint density at radius 2 is 2.15 bits per heavy atom. The quantitative estimate of drug-likeness (QED) is 0.816. The SMILES string of the molecule is COc1cc(Cl)ccc1C(=O)Nc1ncc(Br)nc1Br. The first-order valence-electron chi connectivity index (χ1n) is 5.34. The molecule has 1 aromatic carbocycles. The molecule has 5 nitrogen and oxygen atoms in total. The number of hydrogen-bond donors (Lipinski definition) is 1. The number of rotatable bonds is 3. The van der Waals surface area contributed by atoms with Crippen molar-refractivity contribution in [3.63, 3.8) is 0 Å². The fraction of sp³-hybridized carbons (Fsp3) is 0.0833. The molecule has 0 bridgehead atoms. The summed E-state index contributed by atoms with van der Waals surface area (Å²) in [5.74, 6) is 0.335. The number of nitrogens with one attached hydrogen (secondary N) is 1. The van der Waals surface area contributed by atoms with Crippen molar-refractivity contribution in [3.05, 3.63) is 44.2 Å². The van der Waals surface area contributed by atoms with E-state index in [9.17, 15) is 4.79 Å². The number of anilines is 1. The van der Waals surface area contributed by atoms with Crippen LogP contribution in [0.1, 0.15) is 10.4 Å². The molecule has 0 aliphatic heterocycles. The van der Waals surface area contributed by atoms with Crippen LogP contribution in [0.15, 0.2) is 33.6 Å². The maximum absolute atomic E-state index is 12.2. The molecule has 1 N–H and O–H groups in total. The summed E-state index contributed by atoms with van der Waals surface area (Å²) in [4.78, 5) is 20.3. The fourth-order valence-corrected chi connectivity index (χ4v) is 2.53. The van der Waals surface area contributed by atoms with Gasteiger partial charge in [-0.05, 0) is 50.1 Å². The zero-order valence-corrected chi connectivity index (χ0v) is 14.1.